The molecule has 22 heavy (non-hydrogen) atoms. The summed E-state index contributed by atoms with van der Waals surface area (Å²) >= 11 is 0. The van der Waals surface area contributed by atoms with Crippen molar-refractivity contribution in [3.63, 3.8) is 0 Å². The molecule has 1 saturated heterocycles. The summed E-state index contributed by atoms with van der Waals surface area (Å²) in [5, 5.41) is 3.38. The van der Waals surface area contributed by atoms with Gasteiger partial charge in [-0.25, -0.2) is 9.97 Å². The molecule has 1 aliphatic heterocycles. The SMILES string of the molecule is CCc1nc(-c2ccccc2OC)ncc1N1CCNCC1. The predicted molar refractivity (Wildman–Crippen MR) is 88.5 cm³/mol. The van der Waals surface area contributed by atoms with Gasteiger partial charge in [-0.15, -0.1) is 0 Å². The summed E-state index contributed by atoms with van der Waals surface area (Å²) in [6.45, 7) is 6.17. The molecule has 3 rings (SSSR count). The highest BCUT2D eigenvalue weighted by Gasteiger charge is 2.17. The van der Waals surface area contributed by atoms with Crippen LogP contribution in [0.1, 0.15) is 12.6 Å². The van der Waals surface area contributed by atoms with E-state index in [1.165, 1.54) is 0 Å². The molecule has 0 saturated carbocycles. The van der Waals surface area contributed by atoms with Crippen LogP contribution in [0.4, 0.5) is 5.69 Å². The maximum Gasteiger partial charge on any atom is 0.163 e. The first-order chi connectivity index (χ1) is 10.8. The second kappa shape index (κ2) is 6.75. The van der Waals surface area contributed by atoms with E-state index in [0.717, 1.165) is 61.1 Å². The molecule has 1 aromatic carbocycles. The Bertz CT molecular complexity index is 638. The Morgan fingerprint density at radius 2 is 2.00 bits per heavy atom. The van der Waals surface area contributed by atoms with E-state index in [0.29, 0.717) is 0 Å². The molecule has 0 radical (unpaired) electrons. The lowest BCUT2D eigenvalue weighted by Gasteiger charge is -2.30. The summed E-state index contributed by atoms with van der Waals surface area (Å²) in [5.41, 5.74) is 3.19. The number of nitrogens with one attached hydrogen (secondary N) is 1. The van der Waals surface area contributed by atoms with E-state index < -0.39 is 0 Å². The zero-order valence-corrected chi connectivity index (χ0v) is 13.2. The van der Waals surface area contributed by atoms with Crippen molar-refractivity contribution in [3.05, 3.63) is 36.2 Å². The van der Waals surface area contributed by atoms with Crippen LogP contribution in [0.25, 0.3) is 11.4 Å². The average Bonchev–Trinajstić information content (AvgIpc) is 2.62. The summed E-state index contributed by atoms with van der Waals surface area (Å²) < 4.78 is 5.42. The number of piperazine rings is 1. The molecule has 0 spiro atoms. The number of rotatable bonds is 4. The number of methoxy groups -OCH3 is 1. The van der Waals surface area contributed by atoms with Gasteiger partial charge in [-0.3, -0.25) is 0 Å². The van der Waals surface area contributed by atoms with Gasteiger partial charge in [0.25, 0.3) is 0 Å². The first-order valence-electron chi connectivity index (χ1n) is 7.78. The van der Waals surface area contributed by atoms with Gasteiger partial charge in [-0.2, -0.15) is 0 Å². The maximum absolute atomic E-state index is 5.42. The molecule has 0 atom stereocenters. The monoisotopic (exact) mass is 298 g/mol. The van der Waals surface area contributed by atoms with Crippen LogP contribution in [0.3, 0.4) is 0 Å². The topological polar surface area (TPSA) is 50.3 Å². The number of aromatic nitrogens is 2. The van der Waals surface area contributed by atoms with Crippen LogP contribution in [0.5, 0.6) is 5.75 Å². The maximum atomic E-state index is 5.42. The number of benzene rings is 1. The van der Waals surface area contributed by atoms with Gasteiger partial charge in [0.15, 0.2) is 5.82 Å². The number of ether oxygens (including phenoxy) is 1. The van der Waals surface area contributed by atoms with Crippen molar-refractivity contribution in [3.8, 4) is 17.1 Å². The fraction of sp³-hybridized carbons (Fsp3) is 0.412. The largest absolute Gasteiger partial charge is 0.496 e. The third-order valence-electron chi connectivity index (χ3n) is 3.99. The van der Waals surface area contributed by atoms with Gasteiger partial charge >= 0.3 is 0 Å². The minimum absolute atomic E-state index is 0.730. The Kier molecular flexibility index (Phi) is 4.53. The van der Waals surface area contributed by atoms with Crippen LogP contribution in [-0.4, -0.2) is 43.3 Å². The Balaban J connectivity index is 1.97. The lowest BCUT2D eigenvalue weighted by Crippen LogP contribution is -2.44. The zero-order valence-electron chi connectivity index (χ0n) is 13.2. The average molecular weight is 298 g/mol. The van der Waals surface area contributed by atoms with Crippen LogP contribution in [0.15, 0.2) is 30.5 Å². The zero-order chi connectivity index (χ0) is 15.4. The molecule has 2 heterocycles. The number of para-hydroxylation sites is 1. The Morgan fingerprint density at radius 3 is 2.73 bits per heavy atom. The van der Waals surface area contributed by atoms with Crippen molar-refractivity contribution >= 4 is 5.69 Å². The van der Waals surface area contributed by atoms with Gasteiger partial charge in [-0.05, 0) is 18.6 Å². The third-order valence-corrected chi connectivity index (χ3v) is 3.99. The molecule has 0 amide bonds. The Hall–Kier alpha value is -2.14. The van der Waals surface area contributed by atoms with Crippen molar-refractivity contribution in [2.24, 2.45) is 0 Å². The number of aryl methyl sites for hydroxylation is 1. The van der Waals surface area contributed by atoms with Crippen molar-refractivity contribution < 1.29 is 4.74 Å². The molecule has 1 aromatic heterocycles. The highest BCUT2D eigenvalue weighted by atomic mass is 16.5. The fourth-order valence-corrected chi connectivity index (χ4v) is 2.80. The van der Waals surface area contributed by atoms with Crippen LogP contribution >= 0.6 is 0 Å². The van der Waals surface area contributed by atoms with Crippen LogP contribution in [0, 0.1) is 0 Å². The minimum atomic E-state index is 0.730. The molecular formula is C17H22N4O. The first kappa shape index (κ1) is 14.8. The summed E-state index contributed by atoms with van der Waals surface area (Å²) in [4.78, 5) is 11.7. The molecule has 1 aliphatic rings. The van der Waals surface area contributed by atoms with E-state index in [1.54, 1.807) is 7.11 Å². The fourth-order valence-electron chi connectivity index (χ4n) is 2.80. The molecule has 0 bridgehead atoms. The van der Waals surface area contributed by atoms with Gasteiger partial charge in [0, 0.05) is 26.2 Å². The van der Waals surface area contributed by atoms with Crippen LogP contribution < -0.4 is 15.0 Å². The minimum Gasteiger partial charge on any atom is -0.496 e. The second-order valence-electron chi connectivity index (χ2n) is 5.32. The van der Waals surface area contributed by atoms with E-state index >= 15 is 0 Å². The molecule has 116 valence electrons. The molecule has 1 fully saturated rings. The van der Waals surface area contributed by atoms with Crippen LogP contribution in [0.2, 0.25) is 0 Å². The van der Waals surface area contributed by atoms with E-state index in [2.05, 4.69) is 22.1 Å². The Labute approximate surface area is 131 Å². The Morgan fingerprint density at radius 1 is 1.23 bits per heavy atom. The number of anilines is 1. The second-order valence-corrected chi connectivity index (χ2v) is 5.32. The molecule has 0 aliphatic carbocycles. The summed E-state index contributed by atoms with van der Waals surface area (Å²) in [6.07, 6.45) is 2.85. The molecule has 1 N–H and O–H groups in total. The lowest BCUT2D eigenvalue weighted by molar-refractivity contribution is 0.416. The van der Waals surface area contributed by atoms with Gasteiger partial charge in [0.05, 0.1) is 30.3 Å². The number of hydrogen-bond acceptors (Lipinski definition) is 5. The standard InChI is InChI=1S/C17H22N4O/c1-3-14-15(21-10-8-18-9-11-21)12-19-17(20-14)13-6-4-5-7-16(13)22-2/h4-7,12,18H,3,8-11H2,1-2H3. The highest BCUT2D eigenvalue weighted by molar-refractivity contribution is 5.65. The molecule has 0 unspecified atom stereocenters. The van der Waals surface area contributed by atoms with Gasteiger partial charge in [-0.1, -0.05) is 19.1 Å². The van der Waals surface area contributed by atoms with E-state index in [4.69, 9.17) is 9.72 Å². The smallest absolute Gasteiger partial charge is 0.163 e. The van der Waals surface area contributed by atoms with E-state index in [1.807, 2.05) is 30.5 Å². The first-order valence-corrected chi connectivity index (χ1v) is 7.78. The van der Waals surface area contributed by atoms with Gasteiger partial charge in [0.2, 0.25) is 0 Å². The summed E-state index contributed by atoms with van der Waals surface area (Å²) in [7, 11) is 1.68. The summed E-state index contributed by atoms with van der Waals surface area (Å²) in [6, 6.07) is 7.88. The predicted octanol–water partition coefficient (Wildman–Crippen LogP) is 2.12. The normalized spacial score (nSPS) is 14.9. The number of nitrogens with zero attached hydrogens (tertiary/aromatic N) is 3. The van der Waals surface area contributed by atoms with Crippen molar-refractivity contribution in [1.82, 2.24) is 15.3 Å². The summed E-state index contributed by atoms with van der Waals surface area (Å²) in [5.74, 6) is 1.53. The lowest BCUT2D eigenvalue weighted by atomic mass is 10.1. The van der Waals surface area contributed by atoms with Crippen molar-refractivity contribution in [2.75, 3.05) is 38.2 Å². The highest BCUT2D eigenvalue weighted by Crippen LogP contribution is 2.29. The van der Waals surface area contributed by atoms with Gasteiger partial charge < -0.3 is 15.0 Å². The van der Waals surface area contributed by atoms with Gasteiger partial charge in [0.1, 0.15) is 5.75 Å². The van der Waals surface area contributed by atoms with E-state index in [9.17, 15) is 0 Å². The number of hydrogen-bond donors (Lipinski definition) is 1. The molecule has 5 heteroatoms. The van der Waals surface area contributed by atoms with Crippen molar-refractivity contribution in [2.45, 2.75) is 13.3 Å². The molecular weight excluding hydrogens is 276 g/mol. The molecule has 5 nitrogen and oxygen atoms in total. The van der Waals surface area contributed by atoms with Crippen LogP contribution in [-0.2, 0) is 6.42 Å². The third kappa shape index (κ3) is 2.90. The quantitative estimate of drug-likeness (QED) is 0.937. The molecule has 2 aromatic rings. The van der Waals surface area contributed by atoms with Crippen molar-refractivity contribution in [1.29, 1.82) is 0 Å². The van der Waals surface area contributed by atoms with E-state index in [-0.39, 0.29) is 0 Å².